The van der Waals surface area contributed by atoms with E-state index in [-0.39, 0.29) is 5.91 Å². The second-order valence-electron chi connectivity index (χ2n) is 5.81. The Kier molecular flexibility index (Phi) is 5.10. The minimum Gasteiger partial charge on any atom is -0.493 e. The Morgan fingerprint density at radius 1 is 1.14 bits per heavy atom. The third kappa shape index (κ3) is 3.31. The van der Waals surface area contributed by atoms with Crippen molar-refractivity contribution in [1.82, 2.24) is 4.90 Å². The molecule has 0 saturated heterocycles. The first-order valence-corrected chi connectivity index (χ1v) is 7.57. The number of nitrogens with zero attached hydrogens (tertiary/aromatic N) is 1. The molecule has 116 valence electrons. The van der Waals surface area contributed by atoms with E-state index < -0.39 is 0 Å². The van der Waals surface area contributed by atoms with Gasteiger partial charge in [0.15, 0.2) is 11.5 Å². The van der Waals surface area contributed by atoms with Crippen LogP contribution in [0.4, 0.5) is 0 Å². The Labute approximate surface area is 127 Å². The number of amides is 1. The quantitative estimate of drug-likeness (QED) is 0.854. The highest BCUT2D eigenvalue weighted by Gasteiger charge is 2.28. The van der Waals surface area contributed by atoms with Crippen LogP contribution in [0.25, 0.3) is 0 Å². The molecular formula is C17H25NO3. The van der Waals surface area contributed by atoms with E-state index in [0.717, 1.165) is 6.42 Å². The average Bonchev–Trinajstić information content (AvgIpc) is 2.53. The van der Waals surface area contributed by atoms with Crippen LogP contribution in [0.3, 0.4) is 0 Å². The molecule has 1 aromatic rings. The zero-order valence-corrected chi connectivity index (χ0v) is 13.4. The van der Waals surface area contributed by atoms with Gasteiger partial charge in [-0.15, -0.1) is 0 Å². The molecule has 0 bridgehead atoms. The van der Waals surface area contributed by atoms with Gasteiger partial charge in [-0.1, -0.05) is 19.8 Å². The van der Waals surface area contributed by atoms with E-state index in [9.17, 15) is 4.79 Å². The Bertz CT molecular complexity index is 501. The summed E-state index contributed by atoms with van der Waals surface area (Å²) >= 11 is 0. The predicted octanol–water partition coefficient (Wildman–Crippen LogP) is 3.35. The van der Waals surface area contributed by atoms with Crippen LogP contribution in [0.5, 0.6) is 11.5 Å². The summed E-state index contributed by atoms with van der Waals surface area (Å²) in [4.78, 5) is 14.6. The van der Waals surface area contributed by atoms with E-state index in [0.29, 0.717) is 29.0 Å². The van der Waals surface area contributed by atoms with Crippen molar-refractivity contribution in [3.63, 3.8) is 0 Å². The van der Waals surface area contributed by atoms with Gasteiger partial charge in [-0.25, -0.2) is 0 Å². The lowest BCUT2D eigenvalue weighted by Crippen LogP contribution is -2.42. The molecule has 1 aliphatic carbocycles. The maximum Gasteiger partial charge on any atom is 0.253 e. The number of methoxy groups -OCH3 is 2. The van der Waals surface area contributed by atoms with Crippen LogP contribution in [0.15, 0.2) is 18.2 Å². The standard InChI is InChI=1S/C17H25NO3/c1-12-7-5-6-8-14(12)18(2)17(19)13-9-10-15(20-3)16(11-13)21-4/h9-12,14H,5-8H2,1-4H3. The summed E-state index contributed by atoms with van der Waals surface area (Å²) in [6.45, 7) is 2.24. The highest BCUT2D eigenvalue weighted by atomic mass is 16.5. The van der Waals surface area contributed by atoms with Crippen LogP contribution >= 0.6 is 0 Å². The highest BCUT2D eigenvalue weighted by Crippen LogP contribution is 2.31. The molecule has 0 heterocycles. The molecule has 1 aromatic carbocycles. The van der Waals surface area contributed by atoms with Crippen molar-refractivity contribution < 1.29 is 14.3 Å². The Morgan fingerprint density at radius 3 is 2.43 bits per heavy atom. The van der Waals surface area contributed by atoms with Crippen LogP contribution in [-0.2, 0) is 0 Å². The van der Waals surface area contributed by atoms with Gasteiger partial charge >= 0.3 is 0 Å². The summed E-state index contributed by atoms with van der Waals surface area (Å²) in [5.74, 6) is 1.85. The molecule has 0 radical (unpaired) electrons. The normalized spacial score (nSPS) is 21.7. The topological polar surface area (TPSA) is 38.8 Å². The predicted molar refractivity (Wildman–Crippen MR) is 83.1 cm³/mol. The van der Waals surface area contributed by atoms with E-state index in [1.165, 1.54) is 19.3 Å². The first kappa shape index (κ1) is 15.7. The highest BCUT2D eigenvalue weighted by molar-refractivity contribution is 5.95. The summed E-state index contributed by atoms with van der Waals surface area (Å²) in [6, 6.07) is 5.67. The molecule has 1 amide bonds. The maximum atomic E-state index is 12.7. The molecule has 1 saturated carbocycles. The minimum atomic E-state index is 0.0507. The van der Waals surface area contributed by atoms with E-state index in [4.69, 9.17) is 9.47 Å². The van der Waals surface area contributed by atoms with Crippen molar-refractivity contribution in [2.24, 2.45) is 5.92 Å². The number of rotatable bonds is 4. The van der Waals surface area contributed by atoms with Crippen LogP contribution in [0.2, 0.25) is 0 Å². The van der Waals surface area contributed by atoms with E-state index >= 15 is 0 Å². The van der Waals surface area contributed by atoms with Crippen molar-refractivity contribution in [3.05, 3.63) is 23.8 Å². The van der Waals surface area contributed by atoms with Gasteiger partial charge in [0.25, 0.3) is 5.91 Å². The van der Waals surface area contributed by atoms with E-state index in [2.05, 4.69) is 6.92 Å². The fourth-order valence-electron chi connectivity index (χ4n) is 3.20. The first-order valence-electron chi connectivity index (χ1n) is 7.57. The molecule has 0 aliphatic heterocycles. The third-order valence-corrected chi connectivity index (χ3v) is 4.51. The molecule has 1 fully saturated rings. The first-order chi connectivity index (χ1) is 10.1. The average molecular weight is 291 g/mol. The van der Waals surface area contributed by atoms with Crippen molar-refractivity contribution in [2.45, 2.75) is 38.6 Å². The minimum absolute atomic E-state index is 0.0507. The number of benzene rings is 1. The van der Waals surface area contributed by atoms with Crippen LogP contribution in [0, 0.1) is 5.92 Å². The van der Waals surface area contributed by atoms with E-state index in [1.807, 2.05) is 11.9 Å². The number of carbonyl (C=O) groups excluding carboxylic acids is 1. The van der Waals surface area contributed by atoms with Crippen molar-refractivity contribution in [2.75, 3.05) is 21.3 Å². The van der Waals surface area contributed by atoms with Gasteiger partial charge in [-0.3, -0.25) is 4.79 Å². The summed E-state index contributed by atoms with van der Waals surface area (Å²) in [7, 11) is 5.08. The lowest BCUT2D eigenvalue weighted by Gasteiger charge is -2.36. The van der Waals surface area contributed by atoms with Crippen LogP contribution < -0.4 is 9.47 Å². The molecule has 4 heteroatoms. The summed E-state index contributed by atoms with van der Waals surface area (Å²) < 4.78 is 10.5. The van der Waals surface area contributed by atoms with Crippen molar-refractivity contribution in [1.29, 1.82) is 0 Å². The lowest BCUT2D eigenvalue weighted by atomic mass is 9.85. The molecule has 4 nitrogen and oxygen atoms in total. The van der Waals surface area contributed by atoms with Gasteiger partial charge in [0.05, 0.1) is 14.2 Å². The van der Waals surface area contributed by atoms with Gasteiger partial charge in [-0.2, -0.15) is 0 Å². The molecule has 1 aliphatic rings. The van der Waals surface area contributed by atoms with E-state index in [1.54, 1.807) is 32.4 Å². The number of carbonyl (C=O) groups is 1. The zero-order valence-electron chi connectivity index (χ0n) is 13.4. The Morgan fingerprint density at radius 2 is 1.81 bits per heavy atom. The number of hydrogen-bond acceptors (Lipinski definition) is 3. The second kappa shape index (κ2) is 6.83. The summed E-state index contributed by atoms with van der Waals surface area (Å²) in [5, 5.41) is 0. The van der Waals surface area contributed by atoms with Gasteiger partial charge in [0, 0.05) is 18.7 Å². The van der Waals surface area contributed by atoms with Crippen molar-refractivity contribution >= 4 is 5.91 Å². The monoisotopic (exact) mass is 291 g/mol. The van der Waals surface area contributed by atoms with Gasteiger partial charge in [0.2, 0.25) is 0 Å². The Hall–Kier alpha value is -1.71. The fraction of sp³-hybridized carbons (Fsp3) is 0.588. The number of ether oxygens (including phenoxy) is 2. The SMILES string of the molecule is COc1ccc(C(=O)N(C)C2CCCCC2C)cc1OC. The second-order valence-corrected chi connectivity index (χ2v) is 5.81. The number of hydrogen-bond donors (Lipinski definition) is 0. The molecule has 2 atom stereocenters. The smallest absolute Gasteiger partial charge is 0.253 e. The molecule has 2 unspecified atom stereocenters. The van der Waals surface area contributed by atoms with Gasteiger partial charge in [0.1, 0.15) is 0 Å². The largest absolute Gasteiger partial charge is 0.493 e. The Balaban J connectivity index is 2.18. The van der Waals surface area contributed by atoms with Gasteiger partial charge in [-0.05, 0) is 37.0 Å². The molecule has 2 rings (SSSR count). The molecule has 0 spiro atoms. The van der Waals surface area contributed by atoms with Crippen LogP contribution in [-0.4, -0.2) is 38.1 Å². The summed E-state index contributed by atoms with van der Waals surface area (Å²) in [5.41, 5.74) is 0.646. The van der Waals surface area contributed by atoms with Crippen LogP contribution in [0.1, 0.15) is 43.0 Å². The van der Waals surface area contributed by atoms with Gasteiger partial charge < -0.3 is 14.4 Å². The van der Waals surface area contributed by atoms with Crippen molar-refractivity contribution in [3.8, 4) is 11.5 Å². The zero-order chi connectivity index (χ0) is 15.4. The molecule has 21 heavy (non-hydrogen) atoms. The lowest BCUT2D eigenvalue weighted by molar-refractivity contribution is 0.0628. The third-order valence-electron chi connectivity index (χ3n) is 4.51. The maximum absolute atomic E-state index is 12.7. The molecular weight excluding hydrogens is 266 g/mol. The fourth-order valence-corrected chi connectivity index (χ4v) is 3.20. The molecule has 0 aromatic heterocycles. The molecule has 0 N–H and O–H groups in total. The summed E-state index contributed by atoms with van der Waals surface area (Å²) in [6.07, 6.45) is 4.78.